The molecule has 0 spiro atoms. The lowest BCUT2D eigenvalue weighted by Gasteiger charge is -2.32. The second kappa shape index (κ2) is 8.10. The van der Waals surface area contributed by atoms with E-state index in [4.69, 9.17) is 0 Å². The first kappa shape index (κ1) is 18.1. The zero-order chi connectivity index (χ0) is 17.8. The number of carbonyl (C=O) groups is 1. The summed E-state index contributed by atoms with van der Waals surface area (Å²) in [6.45, 7) is 10.6. The van der Waals surface area contributed by atoms with Gasteiger partial charge in [0.2, 0.25) is 0 Å². The van der Waals surface area contributed by atoms with Gasteiger partial charge in [-0.2, -0.15) is 0 Å². The number of likely N-dealkylation sites (tertiary alicyclic amines) is 1. The molecule has 2 aromatic rings. The Morgan fingerprint density at radius 2 is 2.16 bits per heavy atom. The lowest BCUT2D eigenvalue weighted by atomic mass is 10.1. The highest BCUT2D eigenvalue weighted by Crippen LogP contribution is 2.24. The van der Waals surface area contributed by atoms with Crippen molar-refractivity contribution in [2.24, 2.45) is 0 Å². The SMILES string of the molecule is CCN(CC)C(=O)c1cn([C@@H]2CCCN(Cc3ccc(C)s3)C2)nn1. The van der Waals surface area contributed by atoms with Crippen LogP contribution in [0.5, 0.6) is 0 Å². The summed E-state index contributed by atoms with van der Waals surface area (Å²) in [5, 5.41) is 8.38. The van der Waals surface area contributed by atoms with Gasteiger partial charge in [-0.05, 0) is 52.3 Å². The van der Waals surface area contributed by atoms with Crippen LogP contribution in [0.15, 0.2) is 18.3 Å². The number of aromatic nitrogens is 3. The van der Waals surface area contributed by atoms with Crippen LogP contribution in [0.4, 0.5) is 0 Å². The molecule has 0 unspecified atom stereocenters. The number of hydrogen-bond acceptors (Lipinski definition) is 5. The van der Waals surface area contributed by atoms with Crippen molar-refractivity contribution in [1.82, 2.24) is 24.8 Å². The minimum absolute atomic E-state index is 0.0297. The van der Waals surface area contributed by atoms with Crippen LogP contribution in [0.3, 0.4) is 0 Å². The molecule has 1 fully saturated rings. The van der Waals surface area contributed by atoms with Gasteiger partial charge in [-0.3, -0.25) is 9.69 Å². The zero-order valence-corrected chi connectivity index (χ0v) is 16.1. The van der Waals surface area contributed by atoms with Crippen LogP contribution in [-0.4, -0.2) is 56.9 Å². The Hall–Kier alpha value is -1.73. The van der Waals surface area contributed by atoms with Gasteiger partial charge in [0, 0.05) is 35.9 Å². The van der Waals surface area contributed by atoms with Crippen LogP contribution in [0.25, 0.3) is 0 Å². The quantitative estimate of drug-likeness (QED) is 0.794. The summed E-state index contributed by atoms with van der Waals surface area (Å²) in [4.78, 5) is 19.4. The van der Waals surface area contributed by atoms with Crippen molar-refractivity contribution in [2.45, 2.75) is 46.2 Å². The second-order valence-electron chi connectivity index (χ2n) is 6.60. The van der Waals surface area contributed by atoms with Gasteiger partial charge >= 0.3 is 0 Å². The summed E-state index contributed by atoms with van der Waals surface area (Å²) in [6, 6.07) is 4.70. The Morgan fingerprint density at radius 1 is 1.36 bits per heavy atom. The van der Waals surface area contributed by atoms with E-state index < -0.39 is 0 Å². The molecule has 1 amide bonds. The van der Waals surface area contributed by atoms with Crippen LogP contribution < -0.4 is 0 Å². The largest absolute Gasteiger partial charge is 0.338 e. The number of hydrogen-bond donors (Lipinski definition) is 0. The number of aryl methyl sites for hydroxylation is 1. The summed E-state index contributed by atoms with van der Waals surface area (Å²) >= 11 is 1.87. The molecule has 1 atom stereocenters. The normalized spacial score (nSPS) is 18.4. The highest BCUT2D eigenvalue weighted by Gasteiger charge is 2.24. The minimum atomic E-state index is -0.0297. The Balaban J connectivity index is 1.64. The van der Waals surface area contributed by atoms with E-state index in [1.165, 1.54) is 9.75 Å². The van der Waals surface area contributed by atoms with E-state index >= 15 is 0 Å². The second-order valence-corrected chi connectivity index (χ2v) is 7.98. The van der Waals surface area contributed by atoms with Crippen molar-refractivity contribution in [2.75, 3.05) is 26.2 Å². The Bertz CT molecular complexity index is 706. The van der Waals surface area contributed by atoms with Crippen molar-refractivity contribution in [3.63, 3.8) is 0 Å². The molecule has 0 aliphatic carbocycles. The van der Waals surface area contributed by atoms with E-state index in [2.05, 4.69) is 34.3 Å². The van der Waals surface area contributed by atoms with Crippen molar-refractivity contribution in [3.8, 4) is 0 Å². The van der Waals surface area contributed by atoms with Gasteiger partial charge in [-0.25, -0.2) is 4.68 Å². The molecule has 0 aromatic carbocycles. The lowest BCUT2D eigenvalue weighted by Crippen LogP contribution is -2.36. The molecule has 0 radical (unpaired) electrons. The van der Waals surface area contributed by atoms with Crippen molar-refractivity contribution < 1.29 is 4.79 Å². The van der Waals surface area contributed by atoms with Crippen molar-refractivity contribution >= 4 is 17.2 Å². The summed E-state index contributed by atoms with van der Waals surface area (Å²) in [7, 11) is 0. The van der Waals surface area contributed by atoms with Crippen LogP contribution in [0.1, 0.15) is 53.0 Å². The van der Waals surface area contributed by atoms with Crippen LogP contribution in [-0.2, 0) is 6.54 Å². The van der Waals surface area contributed by atoms with Crippen molar-refractivity contribution in [3.05, 3.63) is 33.8 Å². The van der Waals surface area contributed by atoms with E-state index in [1.54, 1.807) is 4.90 Å². The van der Waals surface area contributed by atoms with Gasteiger partial charge in [-0.15, -0.1) is 16.4 Å². The summed E-state index contributed by atoms with van der Waals surface area (Å²) in [5.74, 6) is -0.0297. The van der Waals surface area contributed by atoms with Gasteiger partial charge < -0.3 is 4.90 Å². The van der Waals surface area contributed by atoms with E-state index in [-0.39, 0.29) is 5.91 Å². The monoisotopic (exact) mass is 361 g/mol. The number of amides is 1. The fraction of sp³-hybridized carbons (Fsp3) is 0.611. The first-order valence-electron chi connectivity index (χ1n) is 9.09. The maximum atomic E-state index is 12.4. The number of carbonyl (C=O) groups excluding carboxylic acids is 1. The van der Waals surface area contributed by atoms with E-state index in [1.807, 2.05) is 36.1 Å². The molecule has 1 saturated heterocycles. The number of rotatable bonds is 6. The molecule has 3 heterocycles. The Kier molecular flexibility index (Phi) is 5.86. The maximum absolute atomic E-state index is 12.4. The highest BCUT2D eigenvalue weighted by atomic mass is 32.1. The molecule has 6 nitrogen and oxygen atoms in total. The predicted octanol–water partition coefficient (Wildman–Crippen LogP) is 2.97. The lowest BCUT2D eigenvalue weighted by molar-refractivity contribution is 0.0767. The first-order valence-corrected chi connectivity index (χ1v) is 9.91. The van der Waals surface area contributed by atoms with Crippen molar-refractivity contribution in [1.29, 1.82) is 0 Å². The molecular formula is C18H27N5OS. The summed E-state index contributed by atoms with van der Waals surface area (Å²) in [5.41, 5.74) is 0.453. The fourth-order valence-electron chi connectivity index (χ4n) is 3.41. The molecule has 0 N–H and O–H groups in total. The predicted molar refractivity (Wildman–Crippen MR) is 99.9 cm³/mol. The molecule has 0 bridgehead atoms. The maximum Gasteiger partial charge on any atom is 0.276 e. The van der Waals surface area contributed by atoms with Gasteiger partial charge in [0.05, 0.1) is 12.2 Å². The Labute approximate surface area is 153 Å². The number of thiophene rings is 1. The molecule has 2 aromatic heterocycles. The molecular weight excluding hydrogens is 334 g/mol. The van der Waals surface area contributed by atoms with Crippen LogP contribution in [0.2, 0.25) is 0 Å². The van der Waals surface area contributed by atoms with Gasteiger partial charge in [0.15, 0.2) is 5.69 Å². The standard InChI is InChI=1S/C18H27N5OS/c1-4-22(5-2)18(24)17-13-23(20-19-17)15-7-6-10-21(11-15)12-16-9-8-14(3)25-16/h8-9,13,15H,4-7,10-12H2,1-3H3/t15-/m1/s1. The van der Waals surface area contributed by atoms with E-state index in [9.17, 15) is 4.79 Å². The molecule has 7 heteroatoms. The third kappa shape index (κ3) is 4.27. The third-order valence-corrected chi connectivity index (χ3v) is 5.80. The smallest absolute Gasteiger partial charge is 0.276 e. The topological polar surface area (TPSA) is 54.3 Å². The molecule has 3 rings (SSSR count). The third-order valence-electron chi connectivity index (χ3n) is 4.81. The first-order chi connectivity index (χ1) is 12.1. The van der Waals surface area contributed by atoms with E-state index in [0.29, 0.717) is 24.8 Å². The molecule has 1 aliphatic heterocycles. The highest BCUT2D eigenvalue weighted by molar-refractivity contribution is 7.11. The van der Waals surface area contributed by atoms with Crippen LogP contribution in [0, 0.1) is 6.92 Å². The number of piperidine rings is 1. The Morgan fingerprint density at radius 3 is 2.84 bits per heavy atom. The minimum Gasteiger partial charge on any atom is -0.338 e. The van der Waals surface area contributed by atoms with Gasteiger partial charge in [-0.1, -0.05) is 5.21 Å². The molecule has 0 saturated carbocycles. The fourth-order valence-corrected chi connectivity index (χ4v) is 4.34. The summed E-state index contributed by atoms with van der Waals surface area (Å²) < 4.78 is 1.89. The molecule has 1 aliphatic rings. The van der Waals surface area contributed by atoms with Gasteiger partial charge in [0.25, 0.3) is 5.91 Å². The molecule has 136 valence electrons. The average Bonchev–Trinajstić information content (AvgIpc) is 3.25. The molecule has 25 heavy (non-hydrogen) atoms. The van der Waals surface area contributed by atoms with Crippen LogP contribution >= 0.6 is 11.3 Å². The average molecular weight is 362 g/mol. The van der Waals surface area contributed by atoms with Gasteiger partial charge in [0.1, 0.15) is 0 Å². The zero-order valence-electron chi connectivity index (χ0n) is 15.3. The van der Waals surface area contributed by atoms with E-state index in [0.717, 1.165) is 32.5 Å². The number of nitrogens with zero attached hydrogens (tertiary/aromatic N) is 5. The summed E-state index contributed by atoms with van der Waals surface area (Å²) in [6.07, 6.45) is 4.06.